The average Bonchev–Trinajstić information content (AvgIpc) is 3.01. The van der Waals surface area contributed by atoms with Crippen LogP contribution in [0.5, 0.6) is 11.5 Å². The molecule has 0 spiro atoms. The number of nitrogens with zero attached hydrogens (tertiary/aromatic N) is 2. The van der Waals surface area contributed by atoms with Gasteiger partial charge < -0.3 is 4.74 Å². The molecule has 0 aliphatic rings. The molecule has 0 fully saturated rings. The standard InChI is InChI=1S/C21H23N3OS/c1-15-14-26-20(23-15)24-22-13-16-8-5-6-11-19(16)25-18-10-7-9-17(12-18)21(2,3)4/h5-14H,1-4H3,(H,23,24). The molecular formula is C21H23N3OS. The summed E-state index contributed by atoms with van der Waals surface area (Å²) in [4.78, 5) is 4.33. The van der Waals surface area contributed by atoms with Crippen molar-refractivity contribution in [2.75, 3.05) is 5.43 Å². The highest BCUT2D eigenvalue weighted by Gasteiger charge is 2.14. The number of thiazole rings is 1. The third-order valence-electron chi connectivity index (χ3n) is 3.83. The maximum atomic E-state index is 6.12. The minimum absolute atomic E-state index is 0.0795. The van der Waals surface area contributed by atoms with Crippen molar-refractivity contribution in [2.24, 2.45) is 5.10 Å². The average molecular weight is 366 g/mol. The van der Waals surface area contributed by atoms with Gasteiger partial charge in [0.25, 0.3) is 0 Å². The third-order valence-corrected chi connectivity index (χ3v) is 4.69. The molecule has 0 radical (unpaired) electrons. The molecule has 0 unspecified atom stereocenters. The lowest BCUT2D eigenvalue weighted by atomic mass is 9.87. The van der Waals surface area contributed by atoms with Crippen LogP contribution in [0.2, 0.25) is 0 Å². The molecule has 0 saturated carbocycles. The lowest BCUT2D eigenvalue weighted by Gasteiger charge is -2.20. The zero-order chi connectivity index (χ0) is 18.6. The molecule has 26 heavy (non-hydrogen) atoms. The Morgan fingerprint density at radius 3 is 2.65 bits per heavy atom. The van der Waals surface area contributed by atoms with Gasteiger partial charge in [-0.25, -0.2) is 4.98 Å². The predicted octanol–water partition coefficient (Wildman–Crippen LogP) is 5.99. The number of aryl methyl sites for hydroxylation is 1. The predicted molar refractivity (Wildman–Crippen MR) is 110 cm³/mol. The Kier molecular flexibility index (Phi) is 5.38. The van der Waals surface area contributed by atoms with Crippen LogP contribution in [0.15, 0.2) is 59.0 Å². The molecule has 0 aliphatic heterocycles. The van der Waals surface area contributed by atoms with E-state index in [1.54, 1.807) is 6.21 Å². The van der Waals surface area contributed by atoms with E-state index in [0.717, 1.165) is 27.9 Å². The molecule has 134 valence electrons. The van der Waals surface area contributed by atoms with Crippen LogP contribution >= 0.6 is 11.3 Å². The summed E-state index contributed by atoms with van der Waals surface area (Å²) in [6.45, 7) is 8.54. The Balaban J connectivity index is 1.77. The fraction of sp³-hybridized carbons (Fsp3) is 0.238. The topological polar surface area (TPSA) is 46.5 Å². The number of anilines is 1. The van der Waals surface area contributed by atoms with Crippen LogP contribution in [0.25, 0.3) is 0 Å². The van der Waals surface area contributed by atoms with Crippen LogP contribution in [0.4, 0.5) is 5.13 Å². The number of hydrazone groups is 1. The molecule has 0 amide bonds. The fourth-order valence-electron chi connectivity index (χ4n) is 2.40. The first-order chi connectivity index (χ1) is 12.4. The first kappa shape index (κ1) is 18.1. The van der Waals surface area contributed by atoms with Crippen molar-refractivity contribution in [3.8, 4) is 11.5 Å². The first-order valence-electron chi connectivity index (χ1n) is 8.50. The number of hydrogen-bond acceptors (Lipinski definition) is 5. The smallest absolute Gasteiger partial charge is 0.203 e. The highest BCUT2D eigenvalue weighted by molar-refractivity contribution is 7.13. The molecule has 3 rings (SSSR count). The second-order valence-electron chi connectivity index (χ2n) is 7.08. The van der Waals surface area contributed by atoms with Crippen LogP contribution in [0.3, 0.4) is 0 Å². The van der Waals surface area contributed by atoms with Gasteiger partial charge in [-0.2, -0.15) is 5.10 Å². The molecule has 0 bridgehead atoms. The largest absolute Gasteiger partial charge is 0.457 e. The third kappa shape index (κ3) is 4.70. The zero-order valence-electron chi connectivity index (χ0n) is 15.5. The van der Waals surface area contributed by atoms with Crippen molar-refractivity contribution < 1.29 is 4.74 Å². The van der Waals surface area contributed by atoms with E-state index in [2.05, 4.69) is 48.4 Å². The van der Waals surface area contributed by atoms with Crippen molar-refractivity contribution in [1.29, 1.82) is 0 Å². The minimum atomic E-state index is 0.0795. The zero-order valence-corrected chi connectivity index (χ0v) is 16.3. The maximum Gasteiger partial charge on any atom is 0.203 e. The van der Waals surface area contributed by atoms with E-state index in [0.29, 0.717) is 0 Å². The van der Waals surface area contributed by atoms with Crippen LogP contribution in [-0.4, -0.2) is 11.2 Å². The van der Waals surface area contributed by atoms with Crippen molar-refractivity contribution in [2.45, 2.75) is 33.1 Å². The van der Waals surface area contributed by atoms with Gasteiger partial charge in [0.1, 0.15) is 11.5 Å². The van der Waals surface area contributed by atoms with E-state index in [4.69, 9.17) is 4.74 Å². The number of para-hydroxylation sites is 1. The van der Waals surface area contributed by atoms with Crippen molar-refractivity contribution >= 4 is 22.7 Å². The Bertz CT molecular complexity index is 909. The van der Waals surface area contributed by atoms with Gasteiger partial charge in [0, 0.05) is 10.9 Å². The van der Waals surface area contributed by atoms with Crippen molar-refractivity contribution in [3.63, 3.8) is 0 Å². The summed E-state index contributed by atoms with van der Waals surface area (Å²) in [7, 11) is 0. The van der Waals surface area contributed by atoms with E-state index >= 15 is 0 Å². The van der Waals surface area contributed by atoms with Gasteiger partial charge in [-0.05, 0) is 42.2 Å². The van der Waals surface area contributed by atoms with Gasteiger partial charge in [0.2, 0.25) is 5.13 Å². The lowest BCUT2D eigenvalue weighted by Crippen LogP contribution is -2.10. The van der Waals surface area contributed by atoms with Gasteiger partial charge in [0.05, 0.1) is 11.9 Å². The number of hydrogen-bond donors (Lipinski definition) is 1. The highest BCUT2D eigenvalue weighted by atomic mass is 32.1. The molecule has 3 aromatic rings. The van der Waals surface area contributed by atoms with Gasteiger partial charge in [0.15, 0.2) is 0 Å². The van der Waals surface area contributed by atoms with Crippen molar-refractivity contribution in [1.82, 2.24) is 4.98 Å². The molecule has 1 heterocycles. The van der Waals surface area contributed by atoms with E-state index in [1.807, 2.05) is 48.7 Å². The van der Waals surface area contributed by atoms with E-state index in [1.165, 1.54) is 16.9 Å². The van der Waals surface area contributed by atoms with Crippen LogP contribution in [0.1, 0.15) is 37.6 Å². The quantitative estimate of drug-likeness (QED) is 0.446. The molecular weight excluding hydrogens is 342 g/mol. The molecule has 0 aliphatic carbocycles. The second kappa shape index (κ2) is 7.70. The van der Waals surface area contributed by atoms with E-state index < -0.39 is 0 Å². The normalized spacial score (nSPS) is 11.7. The van der Waals surface area contributed by atoms with Crippen LogP contribution in [-0.2, 0) is 5.41 Å². The number of nitrogens with one attached hydrogen (secondary N) is 1. The minimum Gasteiger partial charge on any atom is -0.457 e. The van der Waals surface area contributed by atoms with E-state index in [-0.39, 0.29) is 5.41 Å². The summed E-state index contributed by atoms with van der Waals surface area (Å²) in [6, 6.07) is 16.1. The summed E-state index contributed by atoms with van der Waals surface area (Å²) >= 11 is 1.53. The Morgan fingerprint density at radius 2 is 1.92 bits per heavy atom. The number of aromatic nitrogens is 1. The van der Waals surface area contributed by atoms with Gasteiger partial charge in [-0.15, -0.1) is 11.3 Å². The van der Waals surface area contributed by atoms with Gasteiger partial charge >= 0.3 is 0 Å². The number of rotatable bonds is 5. The molecule has 0 atom stereocenters. The summed E-state index contributed by atoms with van der Waals surface area (Å²) in [5.74, 6) is 1.58. The Hall–Kier alpha value is -2.66. The summed E-state index contributed by atoms with van der Waals surface area (Å²) < 4.78 is 6.12. The maximum absolute atomic E-state index is 6.12. The summed E-state index contributed by atoms with van der Waals surface area (Å²) in [5.41, 5.74) is 6.15. The number of benzene rings is 2. The van der Waals surface area contributed by atoms with Crippen LogP contribution in [0, 0.1) is 6.92 Å². The Labute approximate surface area is 158 Å². The number of ether oxygens (including phenoxy) is 1. The van der Waals surface area contributed by atoms with Gasteiger partial charge in [-0.1, -0.05) is 45.0 Å². The summed E-state index contributed by atoms with van der Waals surface area (Å²) in [5, 5.41) is 7.03. The summed E-state index contributed by atoms with van der Waals surface area (Å²) in [6.07, 6.45) is 1.75. The van der Waals surface area contributed by atoms with Gasteiger partial charge in [-0.3, -0.25) is 5.43 Å². The molecule has 2 aromatic carbocycles. The molecule has 5 heteroatoms. The van der Waals surface area contributed by atoms with E-state index in [9.17, 15) is 0 Å². The molecule has 0 saturated heterocycles. The first-order valence-corrected chi connectivity index (χ1v) is 9.38. The lowest BCUT2D eigenvalue weighted by molar-refractivity contribution is 0.478. The highest BCUT2D eigenvalue weighted by Crippen LogP contribution is 2.29. The Morgan fingerprint density at radius 1 is 1.12 bits per heavy atom. The molecule has 1 N–H and O–H groups in total. The van der Waals surface area contributed by atoms with Crippen LogP contribution < -0.4 is 10.2 Å². The fourth-order valence-corrected chi connectivity index (χ4v) is 3.03. The SMILES string of the molecule is Cc1csc(NN=Cc2ccccc2Oc2cccc(C(C)(C)C)c2)n1. The monoisotopic (exact) mass is 365 g/mol. The molecule has 1 aromatic heterocycles. The second-order valence-corrected chi connectivity index (χ2v) is 7.94. The van der Waals surface area contributed by atoms with Crippen molar-refractivity contribution in [3.05, 3.63) is 70.7 Å². The molecule has 4 nitrogen and oxygen atoms in total.